The Hall–Kier alpha value is -2.09. The summed E-state index contributed by atoms with van der Waals surface area (Å²) in [6, 6.07) is 2.40. The number of amides is 1. The van der Waals surface area contributed by atoms with Gasteiger partial charge < -0.3 is 10.6 Å². The second kappa shape index (κ2) is 6.57. The first-order chi connectivity index (χ1) is 10.0. The van der Waals surface area contributed by atoms with E-state index in [1.165, 1.54) is 13.0 Å². The van der Waals surface area contributed by atoms with Crippen molar-refractivity contribution < 1.29 is 13.6 Å². The van der Waals surface area contributed by atoms with E-state index in [2.05, 4.69) is 20.8 Å². The maximum absolute atomic E-state index is 13.8. The lowest BCUT2D eigenvalue weighted by Gasteiger charge is -2.07. The third kappa shape index (κ3) is 3.52. The van der Waals surface area contributed by atoms with Gasteiger partial charge in [0.05, 0.1) is 0 Å². The molecule has 8 heteroatoms. The highest BCUT2D eigenvalue weighted by Crippen LogP contribution is 2.23. The standard InChI is InChI=1S/C13H14F2N4OS/c1-3-6-16-13-19-18-12(21-13)11(20)17-10-8(14)5-4-7(2)9(10)15/h4-5H,3,6H2,1-2H3,(H,16,19)(H,17,20). The number of rotatable bonds is 5. The molecule has 0 aliphatic carbocycles. The Bertz CT molecular complexity index is 660. The molecule has 0 aliphatic heterocycles. The molecule has 0 atom stereocenters. The van der Waals surface area contributed by atoms with Crippen molar-refractivity contribution in [3.63, 3.8) is 0 Å². The molecule has 2 aromatic rings. The van der Waals surface area contributed by atoms with Crippen molar-refractivity contribution in [3.8, 4) is 0 Å². The number of nitrogens with zero attached hydrogens (tertiary/aromatic N) is 2. The number of hydrogen-bond acceptors (Lipinski definition) is 5. The zero-order valence-corrected chi connectivity index (χ0v) is 12.4. The molecule has 5 nitrogen and oxygen atoms in total. The van der Waals surface area contributed by atoms with Gasteiger partial charge in [0.2, 0.25) is 10.1 Å². The van der Waals surface area contributed by atoms with Crippen LogP contribution in [-0.2, 0) is 0 Å². The van der Waals surface area contributed by atoms with Crippen molar-refractivity contribution in [3.05, 3.63) is 34.3 Å². The minimum absolute atomic E-state index is 0.0360. The van der Waals surface area contributed by atoms with Crippen molar-refractivity contribution in [2.24, 2.45) is 0 Å². The molecular formula is C13H14F2N4OS. The lowest BCUT2D eigenvalue weighted by atomic mass is 10.2. The lowest BCUT2D eigenvalue weighted by molar-refractivity contribution is 0.102. The molecule has 0 fully saturated rings. The number of aryl methyl sites for hydroxylation is 1. The summed E-state index contributed by atoms with van der Waals surface area (Å²) in [6.45, 7) is 4.19. The van der Waals surface area contributed by atoms with E-state index in [4.69, 9.17) is 0 Å². The monoisotopic (exact) mass is 312 g/mol. The number of nitrogens with one attached hydrogen (secondary N) is 2. The van der Waals surface area contributed by atoms with Crippen molar-refractivity contribution in [2.45, 2.75) is 20.3 Å². The average molecular weight is 312 g/mol. The summed E-state index contributed by atoms with van der Waals surface area (Å²) in [4.78, 5) is 12.0. The molecule has 0 spiro atoms. The molecule has 0 bridgehead atoms. The van der Waals surface area contributed by atoms with Gasteiger partial charge in [0.15, 0.2) is 5.82 Å². The fourth-order valence-electron chi connectivity index (χ4n) is 1.56. The van der Waals surface area contributed by atoms with E-state index in [9.17, 15) is 13.6 Å². The van der Waals surface area contributed by atoms with Crippen LogP contribution in [0.15, 0.2) is 12.1 Å². The van der Waals surface area contributed by atoms with Crippen molar-refractivity contribution in [1.29, 1.82) is 0 Å². The Morgan fingerprint density at radius 3 is 2.81 bits per heavy atom. The SMILES string of the molecule is CCCNc1nnc(C(=O)Nc2c(F)ccc(C)c2F)s1. The molecule has 112 valence electrons. The Kier molecular flexibility index (Phi) is 4.79. The van der Waals surface area contributed by atoms with Gasteiger partial charge in [-0.2, -0.15) is 0 Å². The summed E-state index contributed by atoms with van der Waals surface area (Å²) in [5, 5.41) is 13.2. The molecule has 2 N–H and O–H groups in total. The van der Waals surface area contributed by atoms with Gasteiger partial charge >= 0.3 is 0 Å². The predicted octanol–water partition coefficient (Wildman–Crippen LogP) is 3.20. The average Bonchev–Trinajstić information content (AvgIpc) is 2.94. The second-order valence-electron chi connectivity index (χ2n) is 4.35. The minimum atomic E-state index is -0.833. The molecule has 1 amide bonds. The number of aromatic nitrogens is 2. The fourth-order valence-corrected chi connectivity index (χ4v) is 2.22. The first-order valence-electron chi connectivity index (χ1n) is 6.36. The highest BCUT2D eigenvalue weighted by atomic mass is 32.1. The molecule has 0 aliphatic rings. The molecule has 0 saturated heterocycles. The number of benzene rings is 1. The fraction of sp³-hybridized carbons (Fsp3) is 0.308. The van der Waals surface area contributed by atoms with E-state index in [0.29, 0.717) is 11.7 Å². The number of carbonyl (C=O) groups is 1. The zero-order chi connectivity index (χ0) is 15.4. The highest BCUT2D eigenvalue weighted by Gasteiger charge is 2.18. The molecule has 2 rings (SSSR count). The van der Waals surface area contributed by atoms with Crippen LogP contribution >= 0.6 is 11.3 Å². The summed E-state index contributed by atoms with van der Waals surface area (Å²) < 4.78 is 27.4. The van der Waals surface area contributed by atoms with Gasteiger partial charge in [-0.05, 0) is 25.0 Å². The van der Waals surface area contributed by atoms with Gasteiger partial charge in [0.1, 0.15) is 11.5 Å². The van der Waals surface area contributed by atoms with Crippen molar-refractivity contribution >= 4 is 28.1 Å². The number of halogens is 2. The molecule has 1 aromatic heterocycles. The Morgan fingerprint density at radius 2 is 2.10 bits per heavy atom. The van der Waals surface area contributed by atoms with Gasteiger partial charge in [-0.15, -0.1) is 10.2 Å². The van der Waals surface area contributed by atoms with Gasteiger partial charge in [-0.3, -0.25) is 4.79 Å². The molecule has 0 saturated carbocycles. The summed E-state index contributed by atoms with van der Waals surface area (Å²) in [5.41, 5.74) is -0.229. The number of carbonyl (C=O) groups excluding carboxylic acids is 1. The van der Waals surface area contributed by atoms with Crippen LogP contribution in [-0.4, -0.2) is 22.6 Å². The number of anilines is 2. The predicted molar refractivity (Wildman–Crippen MR) is 77.7 cm³/mol. The van der Waals surface area contributed by atoms with Gasteiger partial charge in [0, 0.05) is 6.54 Å². The topological polar surface area (TPSA) is 66.9 Å². The summed E-state index contributed by atoms with van der Waals surface area (Å²) in [7, 11) is 0. The van der Waals surface area contributed by atoms with E-state index in [1.54, 1.807) is 0 Å². The van der Waals surface area contributed by atoms with Crippen molar-refractivity contribution in [1.82, 2.24) is 10.2 Å². The van der Waals surface area contributed by atoms with E-state index in [0.717, 1.165) is 23.8 Å². The first-order valence-corrected chi connectivity index (χ1v) is 7.18. The molecule has 0 radical (unpaired) electrons. The smallest absolute Gasteiger partial charge is 0.286 e. The molecular weight excluding hydrogens is 298 g/mol. The van der Waals surface area contributed by atoms with Crippen LogP contribution in [0.1, 0.15) is 28.7 Å². The Balaban J connectivity index is 2.15. The van der Waals surface area contributed by atoms with E-state index in [1.807, 2.05) is 6.92 Å². The quantitative estimate of drug-likeness (QED) is 0.890. The minimum Gasteiger partial charge on any atom is -0.360 e. The molecule has 1 aromatic carbocycles. The van der Waals surface area contributed by atoms with Crippen LogP contribution in [0.3, 0.4) is 0 Å². The Labute approximate surface area is 124 Å². The van der Waals surface area contributed by atoms with Crippen LogP contribution in [0.2, 0.25) is 0 Å². The van der Waals surface area contributed by atoms with Gasteiger partial charge in [0.25, 0.3) is 5.91 Å². The van der Waals surface area contributed by atoms with Crippen LogP contribution in [0, 0.1) is 18.6 Å². The van der Waals surface area contributed by atoms with Gasteiger partial charge in [-0.1, -0.05) is 24.3 Å². The Morgan fingerprint density at radius 1 is 1.33 bits per heavy atom. The van der Waals surface area contributed by atoms with E-state index < -0.39 is 23.2 Å². The largest absolute Gasteiger partial charge is 0.360 e. The van der Waals surface area contributed by atoms with Crippen LogP contribution < -0.4 is 10.6 Å². The normalized spacial score (nSPS) is 10.5. The second-order valence-corrected chi connectivity index (χ2v) is 5.32. The van der Waals surface area contributed by atoms with Crippen molar-refractivity contribution in [2.75, 3.05) is 17.2 Å². The highest BCUT2D eigenvalue weighted by molar-refractivity contribution is 7.17. The van der Waals surface area contributed by atoms with Crippen LogP contribution in [0.25, 0.3) is 0 Å². The summed E-state index contributed by atoms with van der Waals surface area (Å²) >= 11 is 1.03. The maximum Gasteiger partial charge on any atom is 0.286 e. The van der Waals surface area contributed by atoms with E-state index in [-0.39, 0.29) is 10.6 Å². The number of hydrogen-bond donors (Lipinski definition) is 2. The third-order valence-electron chi connectivity index (χ3n) is 2.67. The summed E-state index contributed by atoms with van der Waals surface area (Å²) in [6.07, 6.45) is 0.904. The molecule has 1 heterocycles. The maximum atomic E-state index is 13.8. The zero-order valence-electron chi connectivity index (χ0n) is 11.5. The van der Waals surface area contributed by atoms with Crippen LogP contribution in [0.4, 0.5) is 19.6 Å². The van der Waals surface area contributed by atoms with Gasteiger partial charge in [-0.25, -0.2) is 8.78 Å². The molecule has 0 unspecified atom stereocenters. The molecule has 21 heavy (non-hydrogen) atoms. The van der Waals surface area contributed by atoms with Crippen LogP contribution in [0.5, 0.6) is 0 Å². The lowest BCUT2D eigenvalue weighted by Crippen LogP contribution is -2.14. The first kappa shape index (κ1) is 15.3. The summed E-state index contributed by atoms with van der Waals surface area (Å²) in [5.74, 6) is -2.32. The van der Waals surface area contributed by atoms with E-state index >= 15 is 0 Å². The third-order valence-corrected chi connectivity index (χ3v) is 3.55.